The van der Waals surface area contributed by atoms with Gasteiger partial charge < -0.3 is 19.0 Å². The molecule has 2 heterocycles. The standard InChI is InChI=1S/C16H23N3O4/c1-12-5-4-6-19-13(14(16(20)21)17-15(12)19)11-18(7-9-22-2)8-10-23-3/h4-6H,7-11H2,1-3H3,(H,20,21). The summed E-state index contributed by atoms with van der Waals surface area (Å²) in [7, 11) is 3.30. The van der Waals surface area contributed by atoms with E-state index in [-0.39, 0.29) is 5.69 Å². The molecule has 0 atom stereocenters. The Morgan fingerprint density at radius 2 is 1.96 bits per heavy atom. The Bertz CT molecular complexity index is 661. The van der Waals surface area contributed by atoms with Crippen LogP contribution in [0.1, 0.15) is 21.7 Å². The average molecular weight is 321 g/mol. The van der Waals surface area contributed by atoms with Crippen molar-refractivity contribution in [3.8, 4) is 0 Å². The van der Waals surface area contributed by atoms with E-state index in [1.165, 1.54) is 0 Å². The summed E-state index contributed by atoms with van der Waals surface area (Å²) in [6.45, 7) is 4.92. The predicted molar refractivity (Wildman–Crippen MR) is 85.9 cm³/mol. The highest BCUT2D eigenvalue weighted by atomic mass is 16.5. The second kappa shape index (κ2) is 8.05. The largest absolute Gasteiger partial charge is 0.476 e. The van der Waals surface area contributed by atoms with Gasteiger partial charge in [-0.1, -0.05) is 6.07 Å². The second-order valence-corrected chi connectivity index (χ2v) is 5.36. The monoisotopic (exact) mass is 321 g/mol. The summed E-state index contributed by atoms with van der Waals surface area (Å²) in [6.07, 6.45) is 1.85. The highest BCUT2D eigenvalue weighted by Crippen LogP contribution is 2.18. The van der Waals surface area contributed by atoms with E-state index in [1.54, 1.807) is 14.2 Å². The van der Waals surface area contributed by atoms with Crippen molar-refractivity contribution in [2.24, 2.45) is 0 Å². The highest BCUT2D eigenvalue weighted by molar-refractivity contribution is 5.88. The molecule has 2 aromatic rings. The number of aryl methyl sites for hydroxylation is 1. The fourth-order valence-corrected chi connectivity index (χ4v) is 2.50. The summed E-state index contributed by atoms with van der Waals surface area (Å²) in [5.74, 6) is -1.01. The van der Waals surface area contributed by atoms with E-state index in [2.05, 4.69) is 9.88 Å². The molecule has 7 heteroatoms. The molecule has 0 amide bonds. The van der Waals surface area contributed by atoms with Crippen LogP contribution in [0.4, 0.5) is 0 Å². The predicted octanol–water partition coefficient (Wildman–Crippen LogP) is 1.44. The van der Waals surface area contributed by atoms with Gasteiger partial charge in [0.15, 0.2) is 5.69 Å². The van der Waals surface area contributed by atoms with E-state index < -0.39 is 5.97 Å². The van der Waals surface area contributed by atoms with Crippen LogP contribution in [0, 0.1) is 6.92 Å². The zero-order chi connectivity index (χ0) is 16.8. The number of fused-ring (bicyclic) bond motifs is 1. The molecule has 23 heavy (non-hydrogen) atoms. The summed E-state index contributed by atoms with van der Waals surface area (Å²) < 4.78 is 12.1. The van der Waals surface area contributed by atoms with Gasteiger partial charge in [0.25, 0.3) is 0 Å². The molecule has 0 saturated carbocycles. The van der Waals surface area contributed by atoms with Crippen molar-refractivity contribution in [2.75, 3.05) is 40.5 Å². The van der Waals surface area contributed by atoms with Gasteiger partial charge in [-0.2, -0.15) is 0 Å². The third kappa shape index (κ3) is 4.07. The Kier molecular flexibility index (Phi) is 6.09. The molecular formula is C16H23N3O4. The average Bonchev–Trinajstić information content (AvgIpc) is 2.90. The molecule has 1 N–H and O–H groups in total. The van der Waals surface area contributed by atoms with Gasteiger partial charge in [0.2, 0.25) is 0 Å². The number of methoxy groups -OCH3 is 2. The molecule has 0 aliphatic rings. The number of aromatic carboxylic acids is 1. The van der Waals surface area contributed by atoms with Crippen molar-refractivity contribution in [1.82, 2.24) is 14.3 Å². The molecule has 0 radical (unpaired) electrons. The van der Waals surface area contributed by atoms with Crippen LogP contribution in [0.25, 0.3) is 5.65 Å². The zero-order valence-electron chi connectivity index (χ0n) is 13.8. The highest BCUT2D eigenvalue weighted by Gasteiger charge is 2.21. The van der Waals surface area contributed by atoms with Crippen LogP contribution in [-0.4, -0.2) is 65.9 Å². The molecule has 0 fully saturated rings. The number of carbonyl (C=O) groups is 1. The molecule has 0 spiro atoms. The third-order valence-corrected chi connectivity index (χ3v) is 3.74. The summed E-state index contributed by atoms with van der Waals surface area (Å²) >= 11 is 0. The minimum Gasteiger partial charge on any atom is -0.476 e. The lowest BCUT2D eigenvalue weighted by Crippen LogP contribution is -2.31. The topological polar surface area (TPSA) is 76.3 Å². The molecule has 0 aromatic carbocycles. The van der Waals surface area contributed by atoms with Gasteiger partial charge in [0.05, 0.1) is 18.9 Å². The van der Waals surface area contributed by atoms with Crippen molar-refractivity contribution < 1.29 is 19.4 Å². The molecule has 0 unspecified atom stereocenters. The molecule has 0 aliphatic carbocycles. The zero-order valence-corrected chi connectivity index (χ0v) is 13.8. The van der Waals surface area contributed by atoms with Crippen molar-refractivity contribution in [1.29, 1.82) is 0 Å². The molecule has 2 aromatic heterocycles. The fraction of sp³-hybridized carbons (Fsp3) is 0.500. The van der Waals surface area contributed by atoms with Crippen molar-refractivity contribution in [3.63, 3.8) is 0 Å². The number of hydrogen-bond acceptors (Lipinski definition) is 5. The number of imidazole rings is 1. The molecule has 2 rings (SSSR count). The quantitative estimate of drug-likeness (QED) is 0.753. The van der Waals surface area contributed by atoms with Crippen molar-refractivity contribution in [2.45, 2.75) is 13.5 Å². The number of pyridine rings is 1. The number of rotatable bonds is 9. The van der Waals surface area contributed by atoms with Crippen molar-refractivity contribution in [3.05, 3.63) is 35.3 Å². The van der Waals surface area contributed by atoms with E-state index in [0.717, 1.165) is 5.56 Å². The maximum Gasteiger partial charge on any atom is 0.356 e. The summed E-state index contributed by atoms with van der Waals surface area (Å²) in [6, 6.07) is 3.82. The van der Waals surface area contributed by atoms with E-state index in [4.69, 9.17) is 9.47 Å². The van der Waals surface area contributed by atoms with Crippen molar-refractivity contribution >= 4 is 11.6 Å². The second-order valence-electron chi connectivity index (χ2n) is 5.36. The number of aromatic nitrogens is 2. The van der Waals surface area contributed by atoms with Crippen LogP contribution >= 0.6 is 0 Å². The number of carboxylic acids is 1. The fourth-order valence-electron chi connectivity index (χ4n) is 2.50. The number of hydrogen-bond donors (Lipinski definition) is 1. The first-order valence-electron chi connectivity index (χ1n) is 7.48. The molecule has 7 nitrogen and oxygen atoms in total. The number of nitrogens with zero attached hydrogens (tertiary/aromatic N) is 3. The number of ether oxygens (including phenoxy) is 2. The Balaban J connectivity index is 2.37. The van der Waals surface area contributed by atoms with Crippen LogP contribution < -0.4 is 0 Å². The molecular weight excluding hydrogens is 298 g/mol. The van der Waals surface area contributed by atoms with Crippen LogP contribution in [0.2, 0.25) is 0 Å². The van der Waals surface area contributed by atoms with Gasteiger partial charge >= 0.3 is 5.97 Å². The summed E-state index contributed by atoms with van der Waals surface area (Å²) in [5, 5.41) is 9.48. The molecule has 0 aliphatic heterocycles. The molecule has 126 valence electrons. The Morgan fingerprint density at radius 1 is 1.30 bits per heavy atom. The van der Waals surface area contributed by atoms with E-state index in [0.29, 0.717) is 44.2 Å². The lowest BCUT2D eigenvalue weighted by Gasteiger charge is -2.21. The minimum atomic E-state index is -1.01. The molecule has 0 bridgehead atoms. The molecule has 0 saturated heterocycles. The van der Waals surface area contributed by atoms with Gasteiger partial charge in [-0.25, -0.2) is 9.78 Å². The number of carboxylic acid groups (broad SMARTS) is 1. The first kappa shape index (κ1) is 17.4. The van der Waals surface area contributed by atoms with Gasteiger partial charge in [-0.3, -0.25) is 4.90 Å². The van der Waals surface area contributed by atoms with Crippen LogP contribution in [-0.2, 0) is 16.0 Å². The lowest BCUT2D eigenvalue weighted by atomic mass is 10.2. The Labute approximate surface area is 135 Å². The third-order valence-electron chi connectivity index (χ3n) is 3.74. The maximum absolute atomic E-state index is 11.6. The SMILES string of the molecule is COCCN(CCOC)Cc1c(C(=O)O)nc2c(C)cccn12. The van der Waals surface area contributed by atoms with Crippen LogP contribution in [0.3, 0.4) is 0 Å². The lowest BCUT2D eigenvalue weighted by molar-refractivity contribution is 0.0686. The first-order chi connectivity index (χ1) is 11.1. The normalized spacial score (nSPS) is 11.5. The van der Waals surface area contributed by atoms with Gasteiger partial charge in [0, 0.05) is 40.1 Å². The first-order valence-corrected chi connectivity index (χ1v) is 7.48. The Hall–Kier alpha value is -1.96. The summed E-state index contributed by atoms with van der Waals surface area (Å²) in [4.78, 5) is 18.0. The van der Waals surface area contributed by atoms with E-state index >= 15 is 0 Å². The van der Waals surface area contributed by atoms with Gasteiger partial charge in [-0.15, -0.1) is 0 Å². The van der Waals surface area contributed by atoms with Gasteiger partial charge in [0.1, 0.15) is 5.65 Å². The maximum atomic E-state index is 11.6. The van der Waals surface area contributed by atoms with Crippen LogP contribution in [0.15, 0.2) is 18.3 Å². The van der Waals surface area contributed by atoms with E-state index in [1.807, 2.05) is 29.7 Å². The minimum absolute atomic E-state index is 0.0964. The summed E-state index contributed by atoms with van der Waals surface area (Å²) in [5.41, 5.74) is 2.39. The van der Waals surface area contributed by atoms with Crippen LogP contribution in [0.5, 0.6) is 0 Å². The van der Waals surface area contributed by atoms with E-state index in [9.17, 15) is 9.90 Å². The Morgan fingerprint density at radius 3 is 2.52 bits per heavy atom. The smallest absolute Gasteiger partial charge is 0.356 e. The van der Waals surface area contributed by atoms with Gasteiger partial charge in [-0.05, 0) is 18.6 Å².